The molecule has 0 saturated carbocycles. The van der Waals surface area contributed by atoms with Gasteiger partial charge in [0.25, 0.3) is 0 Å². The average Bonchev–Trinajstić information content (AvgIpc) is 2.65. The van der Waals surface area contributed by atoms with Crippen LogP contribution < -0.4 is 4.74 Å². The number of hydrogen-bond donors (Lipinski definition) is 1. The molecule has 0 fully saturated rings. The summed E-state index contributed by atoms with van der Waals surface area (Å²) in [4.78, 5) is 7.53. The van der Waals surface area contributed by atoms with Gasteiger partial charge in [-0.25, -0.2) is 4.98 Å². The maximum atomic E-state index is 5.74. The van der Waals surface area contributed by atoms with Crippen molar-refractivity contribution in [1.82, 2.24) is 9.97 Å². The number of aromatic amines is 1. The van der Waals surface area contributed by atoms with Gasteiger partial charge in [-0.2, -0.15) is 0 Å². The van der Waals surface area contributed by atoms with Gasteiger partial charge in [-0.3, -0.25) is 0 Å². The Bertz CT molecular complexity index is 462. The lowest BCUT2D eigenvalue weighted by Gasteiger charge is -2.05. The van der Waals surface area contributed by atoms with Crippen LogP contribution in [0.5, 0.6) is 5.75 Å². The number of nitrogens with zero attached hydrogens (tertiary/aromatic N) is 1. The number of aromatic nitrogens is 2. The number of H-pyrrole nitrogens is 1. The molecule has 1 radical (unpaired) electrons. The van der Waals surface area contributed by atoms with E-state index in [1.165, 1.54) is 12.8 Å². The van der Waals surface area contributed by atoms with Crippen molar-refractivity contribution >= 4 is 11.0 Å². The third kappa shape index (κ3) is 2.35. The molecule has 0 unspecified atom stereocenters. The predicted octanol–water partition coefficient (Wildman–Crippen LogP) is 3.24. The molecule has 16 heavy (non-hydrogen) atoms. The van der Waals surface area contributed by atoms with Gasteiger partial charge in [0.1, 0.15) is 22.6 Å². The molecule has 0 amide bonds. The Morgan fingerprint density at radius 2 is 2.31 bits per heavy atom. The molecule has 1 N–H and O–H groups in total. The molecule has 1 aromatic heterocycles. The number of hydrogen-bond acceptors (Lipinski definition) is 2. The summed E-state index contributed by atoms with van der Waals surface area (Å²) in [5.41, 5.74) is 1.81. The number of fused-ring (bicyclic) bond motifs is 1. The topological polar surface area (TPSA) is 37.9 Å². The van der Waals surface area contributed by atoms with Crippen LogP contribution in [0.4, 0.5) is 0 Å². The van der Waals surface area contributed by atoms with Gasteiger partial charge in [-0.15, -0.1) is 0 Å². The SMILES string of the molecule is CCCCCOc1cc[c]c2nc(C)[nH]c12. The summed E-state index contributed by atoms with van der Waals surface area (Å²) in [5, 5.41) is 0. The molecule has 85 valence electrons. The van der Waals surface area contributed by atoms with Gasteiger partial charge in [0.15, 0.2) is 0 Å². The summed E-state index contributed by atoms with van der Waals surface area (Å²) in [6.45, 7) is 4.90. The van der Waals surface area contributed by atoms with Crippen LogP contribution in [-0.2, 0) is 0 Å². The van der Waals surface area contributed by atoms with Crippen molar-refractivity contribution in [2.75, 3.05) is 6.61 Å². The Morgan fingerprint density at radius 3 is 3.12 bits per heavy atom. The number of rotatable bonds is 5. The highest BCUT2D eigenvalue weighted by atomic mass is 16.5. The number of ether oxygens (including phenoxy) is 1. The van der Waals surface area contributed by atoms with Crippen LogP contribution in [0.1, 0.15) is 32.0 Å². The van der Waals surface area contributed by atoms with E-state index in [9.17, 15) is 0 Å². The fourth-order valence-electron chi connectivity index (χ4n) is 1.71. The van der Waals surface area contributed by atoms with E-state index < -0.39 is 0 Å². The lowest BCUT2D eigenvalue weighted by atomic mass is 10.2. The van der Waals surface area contributed by atoms with Crippen molar-refractivity contribution in [3.05, 3.63) is 24.0 Å². The minimum atomic E-state index is 0.769. The van der Waals surface area contributed by atoms with Gasteiger partial charge in [-0.1, -0.05) is 19.8 Å². The fraction of sp³-hybridized carbons (Fsp3) is 0.462. The van der Waals surface area contributed by atoms with Crippen LogP contribution in [0.3, 0.4) is 0 Å². The summed E-state index contributed by atoms with van der Waals surface area (Å²) in [6.07, 6.45) is 3.53. The van der Waals surface area contributed by atoms with Crippen molar-refractivity contribution < 1.29 is 4.74 Å². The van der Waals surface area contributed by atoms with Gasteiger partial charge in [-0.05, 0) is 25.5 Å². The molecule has 3 nitrogen and oxygen atoms in total. The summed E-state index contributed by atoms with van der Waals surface area (Å²) < 4.78 is 5.74. The quantitative estimate of drug-likeness (QED) is 0.781. The maximum absolute atomic E-state index is 5.74. The van der Waals surface area contributed by atoms with E-state index >= 15 is 0 Å². The molecule has 2 rings (SSSR count). The van der Waals surface area contributed by atoms with Gasteiger partial charge in [0.05, 0.1) is 6.61 Å². The Kier molecular flexibility index (Phi) is 3.44. The van der Waals surface area contributed by atoms with Crippen molar-refractivity contribution in [1.29, 1.82) is 0 Å². The summed E-state index contributed by atoms with van der Waals surface area (Å²) in [5.74, 6) is 1.78. The number of nitrogens with one attached hydrogen (secondary N) is 1. The second-order valence-corrected chi connectivity index (χ2v) is 3.94. The minimum absolute atomic E-state index is 0.769. The molecule has 1 aromatic carbocycles. The molecule has 1 heterocycles. The first kappa shape index (κ1) is 11.0. The second-order valence-electron chi connectivity index (χ2n) is 3.94. The zero-order valence-corrected chi connectivity index (χ0v) is 9.84. The molecule has 0 aliphatic carbocycles. The largest absolute Gasteiger partial charge is 0.491 e. The molecule has 2 aromatic rings. The summed E-state index contributed by atoms with van der Waals surface area (Å²) in [6, 6.07) is 6.89. The first-order chi connectivity index (χ1) is 7.81. The van der Waals surface area contributed by atoms with Crippen LogP contribution in [-0.4, -0.2) is 16.6 Å². The first-order valence-corrected chi connectivity index (χ1v) is 5.81. The highest BCUT2D eigenvalue weighted by Crippen LogP contribution is 2.23. The number of unbranched alkanes of at least 4 members (excludes halogenated alkanes) is 2. The average molecular weight is 217 g/mol. The number of imidazole rings is 1. The predicted molar refractivity (Wildman–Crippen MR) is 64.7 cm³/mol. The normalized spacial score (nSPS) is 10.9. The zero-order valence-electron chi connectivity index (χ0n) is 9.84. The lowest BCUT2D eigenvalue weighted by molar-refractivity contribution is 0.309. The van der Waals surface area contributed by atoms with Crippen molar-refractivity contribution in [3.8, 4) is 5.75 Å². The van der Waals surface area contributed by atoms with Crippen LogP contribution in [0.15, 0.2) is 12.1 Å². The van der Waals surface area contributed by atoms with E-state index in [0.29, 0.717) is 0 Å². The first-order valence-electron chi connectivity index (χ1n) is 5.81. The second kappa shape index (κ2) is 5.01. The van der Waals surface area contributed by atoms with Crippen LogP contribution >= 0.6 is 0 Å². The molecule has 0 saturated heterocycles. The number of aryl methyl sites for hydroxylation is 1. The van der Waals surface area contributed by atoms with Gasteiger partial charge >= 0.3 is 0 Å². The van der Waals surface area contributed by atoms with E-state index in [1.807, 2.05) is 19.1 Å². The van der Waals surface area contributed by atoms with E-state index in [1.54, 1.807) is 0 Å². The highest BCUT2D eigenvalue weighted by molar-refractivity contribution is 5.81. The minimum Gasteiger partial charge on any atom is -0.491 e. The zero-order chi connectivity index (χ0) is 11.4. The molecule has 0 bridgehead atoms. The molecule has 0 atom stereocenters. The van der Waals surface area contributed by atoms with Gasteiger partial charge in [0, 0.05) is 6.07 Å². The smallest absolute Gasteiger partial charge is 0.145 e. The highest BCUT2D eigenvalue weighted by Gasteiger charge is 2.05. The van der Waals surface area contributed by atoms with Gasteiger partial charge < -0.3 is 9.72 Å². The van der Waals surface area contributed by atoms with Crippen LogP contribution in [0, 0.1) is 13.0 Å². The Balaban J connectivity index is 2.11. The number of benzene rings is 1. The standard InChI is InChI=1S/C13H17N2O/c1-3-4-5-9-16-12-8-6-7-11-13(12)15-10(2)14-11/h6,8H,3-5,9H2,1-2H3,(H,14,15). The Labute approximate surface area is 95.8 Å². The Morgan fingerprint density at radius 1 is 1.44 bits per heavy atom. The summed E-state index contributed by atoms with van der Waals surface area (Å²) in [7, 11) is 0. The maximum Gasteiger partial charge on any atom is 0.145 e. The molecule has 0 spiro atoms. The van der Waals surface area contributed by atoms with Crippen LogP contribution in [0.2, 0.25) is 0 Å². The lowest BCUT2D eigenvalue weighted by Crippen LogP contribution is -1.97. The van der Waals surface area contributed by atoms with Crippen LogP contribution in [0.25, 0.3) is 11.0 Å². The molecular weight excluding hydrogens is 200 g/mol. The van der Waals surface area contributed by atoms with E-state index in [-0.39, 0.29) is 0 Å². The van der Waals surface area contributed by atoms with E-state index in [0.717, 1.165) is 35.6 Å². The van der Waals surface area contributed by atoms with Gasteiger partial charge in [0.2, 0.25) is 0 Å². The molecule has 0 aliphatic heterocycles. The van der Waals surface area contributed by atoms with Crippen molar-refractivity contribution in [3.63, 3.8) is 0 Å². The van der Waals surface area contributed by atoms with Crippen molar-refractivity contribution in [2.45, 2.75) is 33.1 Å². The molecular formula is C13H17N2O. The Hall–Kier alpha value is -1.51. The van der Waals surface area contributed by atoms with E-state index in [2.05, 4.69) is 23.0 Å². The fourth-order valence-corrected chi connectivity index (χ4v) is 1.71. The molecule has 0 aliphatic rings. The monoisotopic (exact) mass is 217 g/mol. The molecule has 3 heteroatoms. The van der Waals surface area contributed by atoms with E-state index in [4.69, 9.17) is 4.74 Å². The summed E-state index contributed by atoms with van der Waals surface area (Å²) >= 11 is 0. The third-order valence-electron chi connectivity index (χ3n) is 2.53. The van der Waals surface area contributed by atoms with Crippen molar-refractivity contribution in [2.24, 2.45) is 0 Å². The third-order valence-corrected chi connectivity index (χ3v) is 2.53.